The Hall–Kier alpha value is -3.60. The third kappa shape index (κ3) is 5.08. The zero-order chi connectivity index (χ0) is 24.1. The van der Waals surface area contributed by atoms with Crippen molar-refractivity contribution in [3.63, 3.8) is 0 Å². The number of carbonyl (C=O) groups excluding carboxylic acids is 3. The summed E-state index contributed by atoms with van der Waals surface area (Å²) >= 11 is 0.727. The molecular weight excluding hydrogens is 458 g/mol. The molecule has 1 heterocycles. The summed E-state index contributed by atoms with van der Waals surface area (Å²) < 4.78 is 43.3. The molecule has 1 fully saturated rings. The van der Waals surface area contributed by atoms with Gasteiger partial charge in [-0.1, -0.05) is 6.07 Å². The molecule has 1 aliphatic rings. The Kier molecular flexibility index (Phi) is 7.54. The van der Waals surface area contributed by atoms with E-state index in [0.29, 0.717) is 22.8 Å². The molecule has 0 aromatic heterocycles. The molecule has 1 saturated heterocycles. The number of ether oxygens (including phenoxy) is 3. The Morgan fingerprint density at radius 2 is 1.67 bits per heavy atom. The minimum absolute atomic E-state index is 0.153. The van der Waals surface area contributed by atoms with Crippen molar-refractivity contribution < 1.29 is 37.4 Å². The van der Waals surface area contributed by atoms with E-state index in [2.05, 4.69) is 5.32 Å². The maximum Gasteiger partial charge on any atom is 0.293 e. The number of benzene rings is 2. The predicted octanol–water partition coefficient (Wildman–Crippen LogP) is 3.46. The molecule has 1 N–H and O–H groups in total. The number of nitrogens with one attached hydrogen (secondary N) is 1. The van der Waals surface area contributed by atoms with Crippen molar-refractivity contribution >= 4 is 34.9 Å². The lowest BCUT2D eigenvalue weighted by atomic mass is 10.1. The van der Waals surface area contributed by atoms with E-state index in [9.17, 15) is 23.2 Å². The van der Waals surface area contributed by atoms with Gasteiger partial charge in [0, 0.05) is 13.1 Å². The summed E-state index contributed by atoms with van der Waals surface area (Å²) in [4.78, 5) is 38.2. The fourth-order valence-electron chi connectivity index (χ4n) is 3.11. The summed E-state index contributed by atoms with van der Waals surface area (Å²) in [5.41, 5.74) is -0.188. The molecule has 33 heavy (non-hydrogen) atoms. The van der Waals surface area contributed by atoms with Crippen molar-refractivity contribution in [1.29, 1.82) is 0 Å². The third-order valence-electron chi connectivity index (χ3n) is 4.67. The van der Waals surface area contributed by atoms with E-state index in [4.69, 9.17) is 14.2 Å². The molecule has 0 aliphatic carbocycles. The van der Waals surface area contributed by atoms with Gasteiger partial charge in [0.05, 0.1) is 26.2 Å². The van der Waals surface area contributed by atoms with Crippen LogP contribution >= 0.6 is 11.8 Å². The van der Waals surface area contributed by atoms with Gasteiger partial charge in [0.1, 0.15) is 17.2 Å². The van der Waals surface area contributed by atoms with Gasteiger partial charge in [-0.3, -0.25) is 19.3 Å². The summed E-state index contributed by atoms with van der Waals surface area (Å²) in [6.45, 7) is -0.346. The van der Waals surface area contributed by atoms with Gasteiger partial charge in [0.25, 0.3) is 17.1 Å². The number of rotatable bonds is 8. The zero-order valence-corrected chi connectivity index (χ0v) is 18.8. The quantitative estimate of drug-likeness (QED) is 0.581. The number of nitrogens with zero attached hydrogens (tertiary/aromatic N) is 1. The van der Waals surface area contributed by atoms with E-state index in [1.54, 1.807) is 12.1 Å². The molecule has 2 aromatic carbocycles. The van der Waals surface area contributed by atoms with Gasteiger partial charge in [-0.05, 0) is 47.7 Å². The van der Waals surface area contributed by atoms with Crippen molar-refractivity contribution in [1.82, 2.24) is 10.2 Å². The zero-order valence-electron chi connectivity index (χ0n) is 17.9. The first-order valence-corrected chi connectivity index (χ1v) is 10.4. The van der Waals surface area contributed by atoms with Crippen LogP contribution in [0.2, 0.25) is 0 Å². The second-order valence-corrected chi connectivity index (χ2v) is 7.64. The van der Waals surface area contributed by atoms with Crippen molar-refractivity contribution in [3.05, 3.63) is 58.0 Å². The number of carbonyl (C=O) groups is 3. The summed E-state index contributed by atoms with van der Waals surface area (Å²) in [6, 6.07) is 6.31. The van der Waals surface area contributed by atoms with Crippen LogP contribution in [0, 0.1) is 11.6 Å². The lowest BCUT2D eigenvalue weighted by Gasteiger charge is -2.14. The van der Waals surface area contributed by atoms with Crippen LogP contribution < -0.4 is 19.5 Å². The van der Waals surface area contributed by atoms with Gasteiger partial charge < -0.3 is 19.5 Å². The number of hydrogen-bond acceptors (Lipinski definition) is 7. The minimum Gasteiger partial charge on any atom is -0.493 e. The monoisotopic (exact) mass is 478 g/mol. The molecule has 2 aromatic rings. The van der Waals surface area contributed by atoms with E-state index in [0.717, 1.165) is 34.9 Å². The minimum atomic E-state index is -1.01. The fraction of sp³-hybridized carbons (Fsp3) is 0.227. The Morgan fingerprint density at radius 3 is 2.21 bits per heavy atom. The van der Waals surface area contributed by atoms with Crippen LogP contribution in [0.4, 0.5) is 13.6 Å². The largest absolute Gasteiger partial charge is 0.493 e. The first kappa shape index (κ1) is 24.1. The predicted molar refractivity (Wildman–Crippen MR) is 117 cm³/mol. The van der Waals surface area contributed by atoms with Gasteiger partial charge in [0.15, 0.2) is 11.5 Å². The van der Waals surface area contributed by atoms with Crippen molar-refractivity contribution in [2.45, 2.75) is 0 Å². The van der Waals surface area contributed by atoms with E-state index in [-0.39, 0.29) is 18.0 Å². The molecule has 8 nitrogen and oxygen atoms in total. The molecule has 3 amide bonds. The Balaban J connectivity index is 1.71. The molecular formula is C22H20F2N2O6S. The van der Waals surface area contributed by atoms with Crippen LogP contribution in [0.3, 0.4) is 0 Å². The molecule has 11 heteroatoms. The third-order valence-corrected chi connectivity index (χ3v) is 5.58. The number of hydrogen-bond donors (Lipinski definition) is 1. The Labute approximate surface area is 192 Å². The number of thioether (sulfide) groups is 1. The smallest absolute Gasteiger partial charge is 0.293 e. The number of methoxy groups -OCH3 is 3. The topological polar surface area (TPSA) is 94.2 Å². The molecule has 0 radical (unpaired) electrons. The molecule has 0 bridgehead atoms. The summed E-state index contributed by atoms with van der Waals surface area (Å²) in [5, 5.41) is 1.78. The Morgan fingerprint density at radius 1 is 1.06 bits per heavy atom. The second-order valence-electron chi connectivity index (χ2n) is 6.64. The molecule has 0 unspecified atom stereocenters. The molecule has 1 aliphatic heterocycles. The number of halogens is 2. The summed E-state index contributed by atoms with van der Waals surface area (Å²) in [5.74, 6) is -2.42. The number of amides is 3. The molecule has 0 atom stereocenters. The second kappa shape index (κ2) is 10.3. The molecule has 3 rings (SSSR count). The summed E-state index contributed by atoms with van der Waals surface area (Å²) in [7, 11) is 4.37. The van der Waals surface area contributed by atoms with Crippen molar-refractivity contribution in [3.8, 4) is 17.2 Å². The maximum absolute atomic E-state index is 13.7. The van der Waals surface area contributed by atoms with Gasteiger partial charge in [-0.2, -0.15) is 0 Å². The normalized spacial score (nSPS) is 14.6. The highest BCUT2D eigenvalue weighted by Crippen LogP contribution is 2.40. The molecule has 174 valence electrons. The lowest BCUT2D eigenvalue weighted by Crippen LogP contribution is -2.37. The van der Waals surface area contributed by atoms with Crippen LogP contribution in [0.1, 0.15) is 15.9 Å². The average molecular weight is 478 g/mol. The van der Waals surface area contributed by atoms with Crippen molar-refractivity contribution in [2.75, 3.05) is 34.4 Å². The SMILES string of the molecule is COc1cc(/C=C2\SC(=O)N(CCNC(=O)c3c(F)cccc3F)C2=O)cc(OC)c1OC. The Bertz CT molecular complexity index is 1090. The highest BCUT2D eigenvalue weighted by atomic mass is 32.2. The highest BCUT2D eigenvalue weighted by molar-refractivity contribution is 8.18. The maximum atomic E-state index is 13.7. The van der Waals surface area contributed by atoms with Crippen LogP contribution in [-0.4, -0.2) is 56.4 Å². The van der Waals surface area contributed by atoms with Crippen LogP contribution in [0.15, 0.2) is 35.2 Å². The van der Waals surface area contributed by atoms with E-state index in [1.165, 1.54) is 27.4 Å². The fourth-order valence-corrected chi connectivity index (χ4v) is 3.98. The van der Waals surface area contributed by atoms with E-state index >= 15 is 0 Å². The molecule has 0 spiro atoms. The van der Waals surface area contributed by atoms with Gasteiger partial charge in [0.2, 0.25) is 5.75 Å². The van der Waals surface area contributed by atoms with Crippen molar-refractivity contribution in [2.24, 2.45) is 0 Å². The van der Waals surface area contributed by atoms with E-state index < -0.39 is 34.3 Å². The van der Waals surface area contributed by atoms with Crippen LogP contribution in [0.5, 0.6) is 17.2 Å². The van der Waals surface area contributed by atoms with Gasteiger partial charge >= 0.3 is 0 Å². The van der Waals surface area contributed by atoms with E-state index in [1.807, 2.05) is 0 Å². The molecule has 0 saturated carbocycles. The average Bonchev–Trinajstić information content (AvgIpc) is 3.05. The van der Waals surface area contributed by atoms with Crippen LogP contribution in [0.25, 0.3) is 6.08 Å². The highest BCUT2D eigenvalue weighted by Gasteiger charge is 2.35. The lowest BCUT2D eigenvalue weighted by molar-refractivity contribution is -0.122. The standard InChI is InChI=1S/C22H20F2N2O6S/c1-30-15-9-12(10-16(31-2)19(15)32-3)11-17-21(28)26(22(29)33-17)8-7-25-20(27)18-13(23)5-4-6-14(18)24/h4-6,9-11H,7-8H2,1-3H3,(H,25,27)/b17-11-. The van der Waals surface area contributed by atoms with Crippen LogP contribution in [-0.2, 0) is 4.79 Å². The first-order valence-electron chi connectivity index (χ1n) is 9.58. The van der Waals surface area contributed by atoms with Gasteiger partial charge in [-0.15, -0.1) is 0 Å². The number of imide groups is 1. The first-order chi connectivity index (χ1) is 15.8. The summed E-state index contributed by atoms with van der Waals surface area (Å²) in [6.07, 6.45) is 1.50. The van der Waals surface area contributed by atoms with Gasteiger partial charge in [-0.25, -0.2) is 8.78 Å².